The molecule has 0 radical (unpaired) electrons. The molecule has 1 rings (SSSR count). The summed E-state index contributed by atoms with van der Waals surface area (Å²) < 4.78 is 0. The van der Waals surface area contributed by atoms with E-state index in [-0.39, 0.29) is 0 Å². The lowest BCUT2D eigenvalue weighted by atomic mass is 10.0. The molecule has 2 nitrogen and oxygen atoms in total. The monoisotopic (exact) mass is 274 g/mol. The smallest absolute Gasteiger partial charge is 0.0478 e. The lowest BCUT2D eigenvalue weighted by Gasteiger charge is -2.35. The summed E-state index contributed by atoms with van der Waals surface area (Å²) in [4.78, 5) is 2.50. The second-order valence-electron chi connectivity index (χ2n) is 6.06. The summed E-state index contributed by atoms with van der Waals surface area (Å²) >= 11 is 0. The van der Waals surface area contributed by atoms with Gasteiger partial charge in [0.05, 0.1) is 0 Å². The van der Waals surface area contributed by atoms with Crippen LogP contribution >= 0.6 is 0 Å². The third kappa shape index (κ3) is 5.48. The molecule has 0 aromatic heterocycles. The van der Waals surface area contributed by atoms with Crippen molar-refractivity contribution in [2.45, 2.75) is 39.8 Å². The van der Waals surface area contributed by atoms with E-state index in [4.69, 9.17) is 0 Å². The Bertz CT molecular complexity index is 370. The summed E-state index contributed by atoms with van der Waals surface area (Å²) in [7, 11) is 0. The summed E-state index contributed by atoms with van der Waals surface area (Å²) in [6, 6.07) is 11.7. The molecule has 0 aliphatic rings. The van der Waals surface area contributed by atoms with E-state index >= 15 is 0 Å². The first-order valence-corrected chi connectivity index (χ1v) is 7.68. The maximum Gasteiger partial charge on any atom is 0.0478 e. The van der Waals surface area contributed by atoms with Gasteiger partial charge in [-0.1, -0.05) is 50.3 Å². The zero-order chi connectivity index (χ0) is 15.0. The molecular weight excluding hydrogens is 244 g/mol. The number of hydrogen-bond acceptors (Lipinski definition) is 2. The SMILES string of the molecule is C=CCN(C(C)C)C(CNCC(C)C)c1ccccc1. The topological polar surface area (TPSA) is 15.3 Å². The largest absolute Gasteiger partial charge is 0.315 e. The van der Waals surface area contributed by atoms with Gasteiger partial charge in [-0.3, -0.25) is 4.90 Å². The molecule has 1 N–H and O–H groups in total. The quantitative estimate of drug-likeness (QED) is 0.688. The van der Waals surface area contributed by atoms with Crippen LogP contribution in [0.4, 0.5) is 0 Å². The number of rotatable bonds is 9. The Hall–Kier alpha value is -1.12. The Morgan fingerprint density at radius 1 is 1.10 bits per heavy atom. The van der Waals surface area contributed by atoms with Crippen molar-refractivity contribution in [1.29, 1.82) is 0 Å². The van der Waals surface area contributed by atoms with Gasteiger partial charge in [-0.25, -0.2) is 0 Å². The van der Waals surface area contributed by atoms with E-state index in [0.29, 0.717) is 18.0 Å². The van der Waals surface area contributed by atoms with Crippen molar-refractivity contribution >= 4 is 0 Å². The van der Waals surface area contributed by atoms with Gasteiger partial charge in [0.15, 0.2) is 0 Å². The van der Waals surface area contributed by atoms with Gasteiger partial charge in [-0.15, -0.1) is 6.58 Å². The molecule has 1 aromatic rings. The molecule has 0 heterocycles. The van der Waals surface area contributed by atoms with Crippen molar-refractivity contribution in [3.8, 4) is 0 Å². The molecule has 0 saturated carbocycles. The van der Waals surface area contributed by atoms with Crippen LogP contribution in [0.5, 0.6) is 0 Å². The van der Waals surface area contributed by atoms with Gasteiger partial charge in [-0.05, 0) is 31.9 Å². The highest BCUT2D eigenvalue weighted by atomic mass is 15.2. The van der Waals surface area contributed by atoms with E-state index in [1.807, 2.05) is 6.08 Å². The Morgan fingerprint density at radius 3 is 2.25 bits per heavy atom. The minimum atomic E-state index is 0.396. The molecule has 0 spiro atoms. The number of hydrogen-bond donors (Lipinski definition) is 1. The third-order valence-corrected chi connectivity index (χ3v) is 3.48. The molecule has 0 amide bonds. The fourth-order valence-corrected chi connectivity index (χ4v) is 2.46. The molecule has 0 aliphatic carbocycles. The van der Waals surface area contributed by atoms with Crippen LogP contribution < -0.4 is 5.32 Å². The lowest BCUT2D eigenvalue weighted by Crippen LogP contribution is -2.40. The van der Waals surface area contributed by atoms with Crippen molar-refractivity contribution in [2.75, 3.05) is 19.6 Å². The highest BCUT2D eigenvalue weighted by Crippen LogP contribution is 2.22. The van der Waals surface area contributed by atoms with Gasteiger partial charge in [-0.2, -0.15) is 0 Å². The number of nitrogens with zero attached hydrogens (tertiary/aromatic N) is 1. The van der Waals surface area contributed by atoms with Crippen molar-refractivity contribution < 1.29 is 0 Å². The van der Waals surface area contributed by atoms with Crippen LogP contribution in [0.1, 0.15) is 39.3 Å². The second kappa shape index (κ2) is 8.93. The van der Waals surface area contributed by atoms with Gasteiger partial charge in [0, 0.05) is 25.2 Å². The van der Waals surface area contributed by atoms with E-state index in [1.54, 1.807) is 0 Å². The fourth-order valence-electron chi connectivity index (χ4n) is 2.46. The summed E-state index contributed by atoms with van der Waals surface area (Å²) in [5.41, 5.74) is 1.37. The number of benzene rings is 1. The Morgan fingerprint density at radius 2 is 1.75 bits per heavy atom. The van der Waals surface area contributed by atoms with Crippen molar-refractivity contribution in [1.82, 2.24) is 10.2 Å². The Balaban J connectivity index is 2.84. The average Bonchev–Trinajstić information content (AvgIpc) is 2.42. The van der Waals surface area contributed by atoms with Crippen molar-refractivity contribution in [3.63, 3.8) is 0 Å². The van der Waals surface area contributed by atoms with Crippen LogP contribution in [0.3, 0.4) is 0 Å². The van der Waals surface area contributed by atoms with E-state index in [1.165, 1.54) is 5.56 Å². The van der Waals surface area contributed by atoms with Crippen LogP contribution in [0.25, 0.3) is 0 Å². The molecule has 0 saturated heterocycles. The van der Waals surface area contributed by atoms with E-state index in [2.05, 4.69) is 74.8 Å². The van der Waals surface area contributed by atoms with E-state index in [9.17, 15) is 0 Å². The molecule has 0 bridgehead atoms. The fraction of sp³-hybridized carbons (Fsp3) is 0.556. The van der Waals surface area contributed by atoms with Gasteiger partial charge < -0.3 is 5.32 Å². The van der Waals surface area contributed by atoms with Gasteiger partial charge in [0.1, 0.15) is 0 Å². The predicted molar refractivity (Wildman–Crippen MR) is 88.9 cm³/mol. The maximum absolute atomic E-state index is 3.91. The van der Waals surface area contributed by atoms with E-state index < -0.39 is 0 Å². The van der Waals surface area contributed by atoms with Gasteiger partial charge in [0.2, 0.25) is 0 Å². The predicted octanol–water partition coefficient (Wildman–Crippen LogP) is 3.87. The molecule has 1 aromatic carbocycles. The molecule has 1 unspecified atom stereocenters. The van der Waals surface area contributed by atoms with Crippen molar-refractivity contribution in [2.24, 2.45) is 5.92 Å². The van der Waals surface area contributed by atoms with Crippen LogP contribution in [0, 0.1) is 5.92 Å². The second-order valence-corrected chi connectivity index (χ2v) is 6.06. The lowest BCUT2D eigenvalue weighted by molar-refractivity contribution is 0.168. The van der Waals surface area contributed by atoms with E-state index in [0.717, 1.165) is 19.6 Å². The standard InChI is InChI=1S/C18H30N2/c1-6-12-20(16(4)5)18(14-19-13-15(2)3)17-10-8-7-9-11-17/h6-11,15-16,18-19H,1,12-14H2,2-5H3. The van der Waals surface area contributed by atoms with Crippen molar-refractivity contribution in [3.05, 3.63) is 48.6 Å². The molecule has 0 fully saturated rings. The first kappa shape index (κ1) is 16.9. The zero-order valence-corrected chi connectivity index (χ0v) is 13.5. The first-order chi connectivity index (χ1) is 9.56. The van der Waals surface area contributed by atoms with Crippen LogP contribution in [0.15, 0.2) is 43.0 Å². The van der Waals surface area contributed by atoms with Gasteiger partial charge in [0.25, 0.3) is 0 Å². The third-order valence-electron chi connectivity index (χ3n) is 3.48. The average molecular weight is 274 g/mol. The summed E-state index contributed by atoms with van der Waals surface area (Å²) in [6.45, 7) is 15.9. The first-order valence-electron chi connectivity index (χ1n) is 7.68. The van der Waals surface area contributed by atoms with Crippen LogP contribution in [-0.4, -0.2) is 30.6 Å². The highest BCUT2D eigenvalue weighted by Gasteiger charge is 2.21. The molecule has 20 heavy (non-hydrogen) atoms. The van der Waals surface area contributed by atoms with Crippen LogP contribution in [0.2, 0.25) is 0 Å². The molecule has 112 valence electrons. The summed E-state index contributed by atoms with van der Waals surface area (Å²) in [5.74, 6) is 0.679. The molecule has 2 heteroatoms. The summed E-state index contributed by atoms with van der Waals surface area (Å²) in [6.07, 6.45) is 2.00. The zero-order valence-electron chi connectivity index (χ0n) is 13.5. The molecule has 0 aliphatic heterocycles. The minimum Gasteiger partial charge on any atom is -0.315 e. The summed E-state index contributed by atoms with van der Waals surface area (Å²) in [5, 5.41) is 3.60. The molecular formula is C18H30N2. The number of nitrogens with one attached hydrogen (secondary N) is 1. The highest BCUT2D eigenvalue weighted by molar-refractivity contribution is 5.20. The minimum absolute atomic E-state index is 0.396. The molecule has 1 atom stereocenters. The van der Waals surface area contributed by atoms with Crippen LogP contribution in [-0.2, 0) is 0 Å². The maximum atomic E-state index is 3.91. The Kier molecular flexibility index (Phi) is 7.56. The Labute approximate surface area is 124 Å². The van der Waals surface area contributed by atoms with Gasteiger partial charge >= 0.3 is 0 Å². The normalized spacial score (nSPS) is 13.2.